The normalized spacial score (nSPS) is 11.6. The van der Waals surface area contributed by atoms with E-state index in [0.717, 1.165) is 5.56 Å². The number of aromatic nitrogens is 1. The topological polar surface area (TPSA) is 76.6 Å². The molecule has 0 aliphatic carbocycles. The first-order valence-corrected chi connectivity index (χ1v) is 8.17. The molecule has 1 aromatic carbocycles. The fourth-order valence-electron chi connectivity index (χ4n) is 2.26. The highest BCUT2D eigenvalue weighted by atomic mass is 16.5. The summed E-state index contributed by atoms with van der Waals surface area (Å²) < 4.78 is 12.0. The minimum atomic E-state index is -0.200. The van der Waals surface area contributed by atoms with Gasteiger partial charge in [-0.05, 0) is 49.8 Å². The van der Waals surface area contributed by atoms with Crippen molar-refractivity contribution >= 4 is 12.0 Å². The Morgan fingerprint density at radius 3 is 2.81 bits per heavy atom. The van der Waals surface area contributed by atoms with Crippen molar-refractivity contribution in [3.8, 4) is 17.6 Å². The molecule has 0 saturated heterocycles. The highest BCUT2D eigenvalue weighted by Gasteiger charge is 2.06. The molecule has 2 aromatic rings. The molecule has 6 heteroatoms. The van der Waals surface area contributed by atoms with Crippen molar-refractivity contribution < 1.29 is 14.3 Å². The van der Waals surface area contributed by atoms with Crippen molar-refractivity contribution in [3.05, 3.63) is 59.7 Å². The minimum absolute atomic E-state index is 0.0587. The van der Waals surface area contributed by atoms with Crippen LogP contribution in [-0.2, 0) is 0 Å². The molecule has 0 aliphatic heterocycles. The van der Waals surface area contributed by atoms with Gasteiger partial charge in [-0.3, -0.25) is 14.4 Å². The van der Waals surface area contributed by atoms with Gasteiger partial charge in [-0.1, -0.05) is 12.1 Å². The summed E-state index contributed by atoms with van der Waals surface area (Å²) in [6, 6.07) is 12.7. The summed E-state index contributed by atoms with van der Waals surface area (Å²) in [4.78, 5) is 17.0. The number of carbonyl (C=O) groups is 1. The number of methoxy groups -OCH3 is 1. The molecule has 134 valence electrons. The maximum absolute atomic E-state index is 12.5. The molecular formula is C20H21N3O3. The number of nitriles is 1. The first-order valence-electron chi connectivity index (χ1n) is 8.17. The van der Waals surface area contributed by atoms with E-state index in [1.807, 2.05) is 26.0 Å². The monoisotopic (exact) mass is 351 g/mol. The molecule has 0 radical (unpaired) electrons. The van der Waals surface area contributed by atoms with E-state index in [1.165, 1.54) is 17.8 Å². The number of hydrogen-bond acceptors (Lipinski definition) is 5. The Morgan fingerprint density at radius 1 is 1.31 bits per heavy atom. The van der Waals surface area contributed by atoms with Crippen molar-refractivity contribution in [2.24, 2.45) is 4.99 Å². The highest BCUT2D eigenvalue weighted by molar-refractivity contribution is 5.93. The third kappa shape index (κ3) is 5.08. The van der Waals surface area contributed by atoms with Crippen molar-refractivity contribution in [1.82, 2.24) is 4.57 Å². The van der Waals surface area contributed by atoms with Gasteiger partial charge in [0.25, 0.3) is 5.91 Å². The summed E-state index contributed by atoms with van der Waals surface area (Å²) in [7, 11) is 1.52. The van der Waals surface area contributed by atoms with E-state index in [1.54, 1.807) is 42.6 Å². The summed E-state index contributed by atoms with van der Waals surface area (Å²) in [6.45, 7) is 3.86. The highest BCUT2D eigenvalue weighted by Crippen LogP contribution is 2.28. The Balaban J connectivity index is 2.25. The maximum atomic E-state index is 12.5. The van der Waals surface area contributed by atoms with Crippen molar-refractivity contribution in [3.63, 3.8) is 0 Å². The van der Waals surface area contributed by atoms with Crippen molar-refractivity contribution in [2.45, 2.75) is 19.9 Å². The van der Waals surface area contributed by atoms with Gasteiger partial charge >= 0.3 is 0 Å². The lowest BCUT2D eigenvalue weighted by molar-refractivity contribution is 0.0964. The molecule has 0 aliphatic rings. The predicted octanol–water partition coefficient (Wildman–Crippen LogP) is 3.06. The van der Waals surface area contributed by atoms with Gasteiger partial charge in [0.05, 0.1) is 7.11 Å². The van der Waals surface area contributed by atoms with E-state index in [0.29, 0.717) is 17.0 Å². The zero-order valence-electron chi connectivity index (χ0n) is 15.0. The van der Waals surface area contributed by atoms with Crippen LogP contribution in [0.3, 0.4) is 0 Å². The fourth-order valence-corrected chi connectivity index (χ4v) is 2.26. The smallest absolute Gasteiger partial charge is 0.256 e. The van der Waals surface area contributed by atoms with E-state index < -0.39 is 0 Å². The third-order valence-electron chi connectivity index (χ3n) is 3.36. The molecule has 26 heavy (non-hydrogen) atoms. The molecule has 0 amide bonds. The number of hydrogen-bond donors (Lipinski definition) is 0. The number of ether oxygens (including phenoxy) is 2. The number of nitrogens with zero attached hydrogens (tertiary/aromatic N) is 3. The van der Waals surface area contributed by atoms with Crippen LogP contribution in [-0.4, -0.2) is 30.2 Å². The molecule has 2 rings (SSSR count). The Bertz CT molecular complexity index is 905. The van der Waals surface area contributed by atoms with Crippen LogP contribution >= 0.6 is 0 Å². The summed E-state index contributed by atoms with van der Waals surface area (Å²) in [5.41, 5.74) is 1.38. The van der Waals surface area contributed by atoms with Gasteiger partial charge in [-0.2, -0.15) is 5.26 Å². The first kappa shape index (κ1) is 19.0. The van der Waals surface area contributed by atoms with Gasteiger partial charge in [-0.15, -0.1) is 0 Å². The van der Waals surface area contributed by atoms with E-state index >= 15 is 0 Å². The second-order valence-electron chi connectivity index (χ2n) is 5.68. The number of allylic oxidation sites excluding steroid dienone is 1. The molecule has 0 fully saturated rings. The number of benzene rings is 1. The number of rotatable bonds is 6. The number of carbonyl (C=O) groups excluding carboxylic acids is 1. The van der Waals surface area contributed by atoms with Gasteiger partial charge in [0.15, 0.2) is 18.1 Å². The van der Waals surface area contributed by atoms with Crippen LogP contribution in [0.25, 0.3) is 6.08 Å². The SMILES string of the molecule is COc1cc(/C=C/C(=O)n2ccccc2=NC(C)C)ccc1OCC#N. The van der Waals surface area contributed by atoms with Crippen molar-refractivity contribution in [1.29, 1.82) is 5.26 Å². The van der Waals surface area contributed by atoms with Crippen LogP contribution in [0, 0.1) is 11.3 Å². The van der Waals surface area contributed by atoms with E-state index in [2.05, 4.69) is 4.99 Å². The summed E-state index contributed by atoms with van der Waals surface area (Å²) in [6.07, 6.45) is 4.86. The fraction of sp³-hybridized carbons (Fsp3) is 0.250. The summed E-state index contributed by atoms with van der Waals surface area (Å²) >= 11 is 0. The summed E-state index contributed by atoms with van der Waals surface area (Å²) in [5, 5.41) is 8.60. The largest absolute Gasteiger partial charge is 0.493 e. The van der Waals surface area contributed by atoms with Gasteiger partial charge in [0.1, 0.15) is 11.6 Å². The second-order valence-corrected chi connectivity index (χ2v) is 5.68. The van der Waals surface area contributed by atoms with Gasteiger partial charge in [-0.25, -0.2) is 0 Å². The van der Waals surface area contributed by atoms with Crippen LogP contribution in [0.15, 0.2) is 53.7 Å². The molecule has 0 spiro atoms. The Labute approximate surface area is 152 Å². The van der Waals surface area contributed by atoms with Crippen LogP contribution in [0.4, 0.5) is 0 Å². The molecule has 0 bridgehead atoms. The molecule has 0 unspecified atom stereocenters. The first-order chi connectivity index (χ1) is 12.5. The lowest BCUT2D eigenvalue weighted by Gasteiger charge is -2.09. The zero-order chi connectivity index (χ0) is 18.9. The van der Waals surface area contributed by atoms with Crippen LogP contribution < -0.4 is 15.0 Å². The van der Waals surface area contributed by atoms with Gasteiger partial charge in [0.2, 0.25) is 0 Å². The lowest BCUT2D eigenvalue weighted by atomic mass is 10.2. The Hall–Kier alpha value is -3.33. The van der Waals surface area contributed by atoms with Crippen molar-refractivity contribution in [2.75, 3.05) is 13.7 Å². The van der Waals surface area contributed by atoms with Gasteiger partial charge in [0, 0.05) is 18.3 Å². The predicted molar refractivity (Wildman–Crippen MR) is 98.9 cm³/mol. The third-order valence-corrected chi connectivity index (χ3v) is 3.36. The zero-order valence-corrected chi connectivity index (χ0v) is 15.0. The van der Waals surface area contributed by atoms with Crippen LogP contribution in [0.5, 0.6) is 11.5 Å². The standard InChI is InChI=1S/C20H21N3O3/c1-15(2)22-19-6-4-5-12-23(19)20(24)10-8-16-7-9-17(26-13-11-21)18(14-16)25-3/h4-10,12,14-15H,13H2,1-3H3/b10-8+,22-19?. The van der Waals surface area contributed by atoms with Gasteiger partial charge < -0.3 is 9.47 Å². The molecule has 1 heterocycles. The van der Waals surface area contributed by atoms with E-state index in [4.69, 9.17) is 14.7 Å². The molecule has 6 nitrogen and oxygen atoms in total. The van der Waals surface area contributed by atoms with Crippen LogP contribution in [0.1, 0.15) is 24.2 Å². The Morgan fingerprint density at radius 2 is 2.12 bits per heavy atom. The molecule has 1 aromatic heterocycles. The molecular weight excluding hydrogens is 330 g/mol. The molecule has 0 atom stereocenters. The summed E-state index contributed by atoms with van der Waals surface area (Å²) in [5.74, 6) is 0.777. The average molecular weight is 351 g/mol. The molecule has 0 saturated carbocycles. The van der Waals surface area contributed by atoms with E-state index in [9.17, 15) is 4.79 Å². The maximum Gasteiger partial charge on any atom is 0.256 e. The minimum Gasteiger partial charge on any atom is -0.493 e. The molecule has 0 N–H and O–H groups in total. The Kier molecular flexibility index (Phi) is 6.75. The quantitative estimate of drug-likeness (QED) is 0.750. The van der Waals surface area contributed by atoms with E-state index in [-0.39, 0.29) is 18.6 Å². The average Bonchev–Trinajstić information content (AvgIpc) is 2.64. The van der Waals surface area contributed by atoms with Crippen LogP contribution in [0.2, 0.25) is 0 Å². The second kappa shape index (κ2) is 9.23. The lowest BCUT2D eigenvalue weighted by Crippen LogP contribution is -2.26. The number of pyridine rings is 1.